The second-order valence-electron chi connectivity index (χ2n) is 5.13. The zero-order valence-corrected chi connectivity index (χ0v) is 15.2. The lowest BCUT2D eigenvalue weighted by atomic mass is 10.2. The van der Waals surface area contributed by atoms with Crippen LogP contribution in [0.4, 0.5) is 4.39 Å². The third kappa shape index (κ3) is 6.11. The Morgan fingerprint density at radius 1 is 1.28 bits per heavy atom. The molecule has 2 aromatic carbocycles. The minimum absolute atomic E-state index is 0.153. The lowest BCUT2D eigenvalue weighted by molar-refractivity contribution is 0.0956. The van der Waals surface area contributed by atoms with E-state index in [9.17, 15) is 9.18 Å². The Labute approximate surface area is 156 Å². The molecule has 0 aromatic heterocycles. The van der Waals surface area contributed by atoms with E-state index in [0.29, 0.717) is 46.6 Å². The van der Waals surface area contributed by atoms with Crippen molar-refractivity contribution in [3.63, 3.8) is 0 Å². The summed E-state index contributed by atoms with van der Waals surface area (Å²) >= 11 is 7.49. The molecule has 0 aliphatic carbocycles. The number of benzene rings is 2. The molecule has 0 spiro atoms. The van der Waals surface area contributed by atoms with Crippen LogP contribution in [0.1, 0.15) is 15.9 Å². The van der Waals surface area contributed by atoms with Crippen LogP contribution in [-0.2, 0) is 5.75 Å². The average molecular weight is 380 g/mol. The van der Waals surface area contributed by atoms with Gasteiger partial charge >= 0.3 is 0 Å². The molecule has 0 unspecified atom stereocenters. The number of thioether (sulfide) groups is 1. The van der Waals surface area contributed by atoms with Gasteiger partial charge in [-0.05, 0) is 36.4 Å². The maximum Gasteiger partial charge on any atom is 0.251 e. The molecule has 0 aliphatic heterocycles. The van der Waals surface area contributed by atoms with Crippen molar-refractivity contribution in [1.82, 2.24) is 5.32 Å². The van der Waals surface area contributed by atoms with Crippen LogP contribution in [0, 0.1) is 5.82 Å². The topological polar surface area (TPSA) is 38.3 Å². The number of hydrogen-bond acceptors (Lipinski definition) is 3. The second kappa shape index (κ2) is 10.1. The number of carbonyl (C=O) groups is 1. The van der Waals surface area contributed by atoms with Crippen LogP contribution in [0.15, 0.2) is 55.1 Å². The van der Waals surface area contributed by atoms with Gasteiger partial charge in [0.15, 0.2) is 0 Å². The molecule has 0 saturated heterocycles. The van der Waals surface area contributed by atoms with Crippen molar-refractivity contribution in [1.29, 1.82) is 0 Å². The van der Waals surface area contributed by atoms with Gasteiger partial charge in [0.05, 0.1) is 0 Å². The summed E-state index contributed by atoms with van der Waals surface area (Å²) in [5, 5.41) is 3.26. The maximum absolute atomic E-state index is 13.6. The molecule has 1 N–H and O–H groups in total. The zero-order chi connectivity index (χ0) is 18.1. The first kappa shape index (κ1) is 19.3. The fourth-order valence-corrected chi connectivity index (χ4v) is 3.24. The van der Waals surface area contributed by atoms with Gasteiger partial charge in [0.2, 0.25) is 0 Å². The Morgan fingerprint density at radius 2 is 2.04 bits per heavy atom. The van der Waals surface area contributed by atoms with Gasteiger partial charge in [0.25, 0.3) is 5.91 Å². The molecule has 0 bridgehead atoms. The minimum atomic E-state index is -0.303. The van der Waals surface area contributed by atoms with Crippen LogP contribution in [0.25, 0.3) is 0 Å². The lowest BCUT2D eigenvalue weighted by Gasteiger charge is -2.08. The molecular formula is C19H19ClFNO2S. The molecule has 0 saturated carbocycles. The third-order valence-electron chi connectivity index (χ3n) is 3.32. The Bertz CT molecular complexity index is 702. The van der Waals surface area contributed by atoms with E-state index < -0.39 is 0 Å². The Hall–Kier alpha value is -1.98. The summed E-state index contributed by atoms with van der Waals surface area (Å²) in [6, 6.07) is 11.6. The maximum atomic E-state index is 13.6. The van der Waals surface area contributed by atoms with Gasteiger partial charge in [-0.1, -0.05) is 30.3 Å². The highest BCUT2D eigenvalue weighted by Crippen LogP contribution is 2.23. The first-order valence-corrected chi connectivity index (χ1v) is 9.27. The summed E-state index contributed by atoms with van der Waals surface area (Å²) in [6.07, 6.45) is 1.66. The SMILES string of the molecule is C=CCOc1ccc(C(=O)NCCSCc2c(F)cccc2Cl)cc1. The van der Waals surface area contributed by atoms with Gasteiger partial charge in [-0.15, -0.1) is 0 Å². The van der Waals surface area contributed by atoms with Crippen LogP contribution >= 0.6 is 23.4 Å². The summed E-state index contributed by atoms with van der Waals surface area (Å²) in [6.45, 7) is 4.50. The van der Waals surface area contributed by atoms with Crippen LogP contribution in [0.2, 0.25) is 5.02 Å². The normalized spacial score (nSPS) is 10.3. The molecule has 3 nitrogen and oxygen atoms in total. The first-order valence-electron chi connectivity index (χ1n) is 7.74. The highest BCUT2D eigenvalue weighted by Gasteiger charge is 2.08. The Morgan fingerprint density at radius 3 is 2.72 bits per heavy atom. The Balaban J connectivity index is 1.72. The van der Waals surface area contributed by atoms with Crippen molar-refractivity contribution in [2.24, 2.45) is 0 Å². The minimum Gasteiger partial charge on any atom is -0.490 e. The third-order valence-corrected chi connectivity index (χ3v) is 4.66. The summed E-state index contributed by atoms with van der Waals surface area (Å²) in [4.78, 5) is 12.1. The van der Waals surface area contributed by atoms with Crippen molar-refractivity contribution < 1.29 is 13.9 Å². The molecule has 2 rings (SSSR count). The fourth-order valence-electron chi connectivity index (χ4n) is 2.04. The molecule has 2 aromatic rings. The van der Waals surface area contributed by atoms with Gasteiger partial charge in [-0.3, -0.25) is 4.79 Å². The molecular weight excluding hydrogens is 361 g/mol. The van der Waals surface area contributed by atoms with Gasteiger partial charge < -0.3 is 10.1 Å². The summed E-state index contributed by atoms with van der Waals surface area (Å²) in [5.41, 5.74) is 1.06. The van der Waals surface area contributed by atoms with Crippen molar-refractivity contribution in [2.75, 3.05) is 18.9 Å². The standard InChI is InChI=1S/C19H19ClFNO2S/c1-2-11-24-15-8-6-14(7-9-15)19(23)22-10-12-25-13-16-17(20)4-3-5-18(16)21/h2-9H,1,10-13H2,(H,22,23). The summed E-state index contributed by atoms with van der Waals surface area (Å²) in [5.74, 6) is 1.37. The molecule has 0 fully saturated rings. The van der Waals surface area contributed by atoms with Crippen LogP contribution in [-0.4, -0.2) is 24.8 Å². The smallest absolute Gasteiger partial charge is 0.251 e. The van der Waals surface area contributed by atoms with E-state index >= 15 is 0 Å². The van der Waals surface area contributed by atoms with Crippen molar-refractivity contribution in [2.45, 2.75) is 5.75 Å². The predicted octanol–water partition coefficient (Wildman–Crippen LogP) is 4.71. The number of rotatable bonds is 9. The van der Waals surface area contributed by atoms with Gasteiger partial charge in [-0.2, -0.15) is 11.8 Å². The van der Waals surface area contributed by atoms with Crippen molar-refractivity contribution >= 4 is 29.3 Å². The van der Waals surface area contributed by atoms with E-state index in [0.717, 1.165) is 0 Å². The number of nitrogens with one attached hydrogen (secondary N) is 1. The first-order chi connectivity index (χ1) is 12.1. The molecule has 132 valence electrons. The molecule has 0 radical (unpaired) electrons. The number of carbonyl (C=O) groups excluding carboxylic acids is 1. The predicted molar refractivity (Wildman–Crippen MR) is 102 cm³/mol. The van der Waals surface area contributed by atoms with E-state index in [1.54, 1.807) is 42.5 Å². The van der Waals surface area contributed by atoms with Gasteiger partial charge in [0, 0.05) is 34.2 Å². The van der Waals surface area contributed by atoms with Crippen LogP contribution in [0.5, 0.6) is 5.75 Å². The number of ether oxygens (including phenoxy) is 1. The van der Waals surface area contributed by atoms with E-state index in [2.05, 4.69) is 11.9 Å². The zero-order valence-electron chi connectivity index (χ0n) is 13.6. The molecule has 0 aliphatic rings. The van der Waals surface area contributed by atoms with Crippen LogP contribution < -0.4 is 10.1 Å². The quantitative estimate of drug-likeness (QED) is 0.506. The monoisotopic (exact) mass is 379 g/mol. The van der Waals surface area contributed by atoms with E-state index in [4.69, 9.17) is 16.3 Å². The van der Waals surface area contributed by atoms with Crippen molar-refractivity contribution in [3.8, 4) is 5.75 Å². The Kier molecular flexibility index (Phi) is 7.82. The lowest BCUT2D eigenvalue weighted by Crippen LogP contribution is -2.25. The largest absolute Gasteiger partial charge is 0.490 e. The number of hydrogen-bond donors (Lipinski definition) is 1. The summed E-state index contributed by atoms with van der Waals surface area (Å²) in [7, 11) is 0. The summed E-state index contributed by atoms with van der Waals surface area (Å²) < 4.78 is 19.0. The molecule has 0 heterocycles. The average Bonchev–Trinajstić information content (AvgIpc) is 2.62. The molecule has 1 amide bonds. The van der Waals surface area contributed by atoms with Gasteiger partial charge in [-0.25, -0.2) is 4.39 Å². The fraction of sp³-hybridized carbons (Fsp3) is 0.211. The molecule has 25 heavy (non-hydrogen) atoms. The van der Waals surface area contributed by atoms with E-state index in [-0.39, 0.29) is 11.7 Å². The molecule has 6 heteroatoms. The van der Waals surface area contributed by atoms with Crippen molar-refractivity contribution in [3.05, 3.63) is 77.1 Å². The number of halogens is 2. The number of amides is 1. The van der Waals surface area contributed by atoms with E-state index in [1.165, 1.54) is 17.8 Å². The van der Waals surface area contributed by atoms with E-state index in [1.807, 2.05) is 0 Å². The highest BCUT2D eigenvalue weighted by molar-refractivity contribution is 7.98. The van der Waals surface area contributed by atoms with Crippen LogP contribution in [0.3, 0.4) is 0 Å². The van der Waals surface area contributed by atoms with Gasteiger partial charge in [0.1, 0.15) is 18.2 Å². The highest BCUT2D eigenvalue weighted by atomic mass is 35.5. The second-order valence-corrected chi connectivity index (χ2v) is 6.65. The molecule has 0 atom stereocenters.